The highest BCUT2D eigenvalue weighted by Gasteiger charge is 2.20. The quantitative estimate of drug-likeness (QED) is 0.306. The fourth-order valence-corrected chi connectivity index (χ4v) is 4.28. The molecule has 180 valence electrons. The van der Waals surface area contributed by atoms with Gasteiger partial charge >= 0.3 is 0 Å². The second-order valence-electron chi connectivity index (χ2n) is 8.79. The number of benzene rings is 3. The molecule has 5 aromatic rings. The van der Waals surface area contributed by atoms with Gasteiger partial charge in [-0.25, -0.2) is 9.50 Å². The van der Waals surface area contributed by atoms with Gasteiger partial charge in [-0.05, 0) is 43.5 Å². The van der Waals surface area contributed by atoms with E-state index in [1.807, 2.05) is 85.8 Å². The molecule has 0 saturated carbocycles. The lowest BCUT2D eigenvalue weighted by molar-refractivity contribution is 0.0931. The number of nitrogens with zero attached hydrogens (tertiary/aromatic N) is 3. The molecule has 3 aromatic carbocycles. The van der Waals surface area contributed by atoms with Gasteiger partial charge in [-0.15, -0.1) is 0 Å². The van der Waals surface area contributed by atoms with Crippen LogP contribution in [0.3, 0.4) is 0 Å². The Morgan fingerprint density at radius 2 is 1.61 bits per heavy atom. The van der Waals surface area contributed by atoms with Crippen LogP contribution < -0.4 is 10.1 Å². The number of hydrogen-bond donors (Lipinski definition) is 1. The summed E-state index contributed by atoms with van der Waals surface area (Å²) in [5.74, 6) is 0.501. The first kappa shape index (κ1) is 23.3. The molecule has 6 nitrogen and oxygen atoms in total. The smallest absolute Gasteiger partial charge is 0.270 e. The van der Waals surface area contributed by atoms with Crippen molar-refractivity contribution in [2.45, 2.75) is 25.8 Å². The van der Waals surface area contributed by atoms with Crippen molar-refractivity contribution >= 4 is 11.6 Å². The number of aryl methyl sites for hydroxylation is 1. The van der Waals surface area contributed by atoms with Gasteiger partial charge in [0.2, 0.25) is 0 Å². The van der Waals surface area contributed by atoms with E-state index in [0.29, 0.717) is 22.8 Å². The van der Waals surface area contributed by atoms with Gasteiger partial charge in [0.15, 0.2) is 5.65 Å². The highest BCUT2D eigenvalue weighted by Crippen LogP contribution is 2.30. The van der Waals surface area contributed by atoms with E-state index < -0.39 is 0 Å². The summed E-state index contributed by atoms with van der Waals surface area (Å²) < 4.78 is 7.19. The molecule has 0 spiro atoms. The maximum absolute atomic E-state index is 13.5. The Morgan fingerprint density at radius 3 is 2.36 bits per heavy atom. The van der Waals surface area contributed by atoms with Crippen LogP contribution in [-0.4, -0.2) is 33.7 Å². The molecule has 36 heavy (non-hydrogen) atoms. The van der Waals surface area contributed by atoms with Crippen LogP contribution in [0.2, 0.25) is 0 Å². The third kappa shape index (κ3) is 4.98. The van der Waals surface area contributed by atoms with Gasteiger partial charge in [0.05, 0.1) is 18.5 Å². The van der Waals surface area contributed by atoms with E-state index in [9.17, 15) is 4.79 Å². The number of nitrogens with one attached hydrogen (secondary N) is 1. The lowest BCUT2D eigenvalue weighted by atomic mass is 10.1. The second-order valence-corrected chi connectivity index (χ2v) is 8.79. The molecule has 1 N–H and O–H groups in total. The number of hydrogen-bond acceptors (Lipinski definition) is 4. The van der Waals surface area contributed by atoms with Gasteiger partial charge in [0, 0.05) is 23.2 Å². The largest absolute Gasteiger partial charge is 0.496 e. The summed E-state index contributed by atoms with van der Waals surface area (Å²) in [6.07, 6.45) is 1.72. The summed E-state index contributed by atoms with van der Waals surface area (Å²) in [6, 6.07) is 31.5. The first-order valence-electron chi connectivity index (χ1n) is 12.1. The molecule has 0 aliphatic carbocycles. The first-order chi connectivity index (χ1) is 17.6. The van der Waals surface area contributed by atoms with Crippen LogP contribution in [0.1, 0.15) is 29.4 Å². The fourth-order valence-electron chi connectivity index (χ4n) is 4.28. The third-order valence-corrected chi connectivity index (χ3v) is 6.20. The van der Waals surface area contributed by atoms with Crippen molar-refractivity contribution in [1.82, 2.24) is 19.9 Å². The number of ether oxygens (including phenoxy) is 1. The lowest BCUT2D eigenvalue weighted by Gasteiger charge is -2.15. The molecule has 2 aromatic heterocycles. The third-order valence-electron chi connectivity index (χ3n) is 6.20. The van der Waals surface area contributed by atoms with Crippen molar-refractivity contribution in [1.29, 1.82) is 0 Å². The van der Waals surface area contributed by atoms with E-state index in [1.165, 1.54) is 5.56 Å². The molecule has 6 heteroatoms. The van der Waals surface area contributed by atoms with E-state index in [0.717, 1.165) is 29.7 Å². The van der Waals surface area contributed by atoms with Crippen LogP contribution in [0.5, 0.6) is 5.75 Å². The van der Waals surface area contributed by atoms with Gasteiger partial charge in [-0.3, -0.25) is 4.79 Å². The molecule has 0 fully saturated rings. The van der Waals surface area contributed by atoms with E-state index >= 15 is 0 Å². The monoisotopic (exact) mass is 476 g/mol. The zero-order chi connectivity index (χ0) is 24.9. The van der Waals surface area contributed by atoms with E-state index in [4.69, 9.17) is 14.8 Å². The lowest BCUT2D eigenvalue weighted by Crippen LogP contribution is -2.34. The number of carbonyl (C=O) groups is 1. The Balaban J connectivity index is 1.51. The number of amides is 1. The van der Waals surface area contributed by atoms with Crippen LogP contribution in [0.4, 0.5) is 0 Å². The number of aromatic nitrogens is 3. The van der Waals surface area contributed by atoms with Crippen molar-refractivity contribution in [2.24, 2.45) is 0 Å². The predicted molar refractivity (Wildman–Crippen MR) is 142 cm³/mol. The average molecular weight is 477 g/mol. The van der Waals surface area contributed by atoms with Crippen LogP contribution in [-0.2, 0) is 6.42 Å². The predicted octanol–water partition coefficient (Wildman–Crippen LogP) is 5.82. The Hall–Kier alpha value is -4.45. The van der Waals surface area contributed by atoms with Gasteiger partial charge in [0.1, 0.15) is 11.4 Å². The number of rotatable bonds is 8. The number of carbonyl (C=O) groups excluding carboxylic acids is 1. The first-order valence-corrected chi connectivity index (χ1v) is 12.1. The van der Waals surface area contributed by atoms with Crippen LogP contribution in [0, 0.1) is 0 Å². The van der Waals surface area contributed by atoms with Gasteiger partial charge in [-0.1, -0.05) is 72.8 Å². The van der Waals surface area contributed by atoms with Gasteiger partial charge in [-0.2, -0.15) is 5.10 Å². The van der Waals surface area contributed by atoms with Gasteiger partial charge < -0.3 is 10.1 Å². The van der Waals surface area contributed by atoms with Gasteiger partial charge in [0.25, 0.3) is 5.91 Å². The molecule has 0 aliphatic rings. The molecule has 0 saturated heterocycles. The number of methoxy groups -OCH3 is 1. The highest BCUT2D eigenvalue weighted by atomic mass is 16.5. The summed E-state index contributed by atoms with van der Waals surface area (Å²) in [5, 5.41) is 7.90. The standard InChI is InChI=1S/C30H28N4O2/c1-21(17-18-22-11-5-3-6-12-22)31-30(35)27-19-26(24-15-9-10-16-28(24)36-2)32-29-20-25(33-34(27)29)23-13-7-4-8-14-23/h3-16,19-21H,17-18H2,1-2H3,(H,31,35). The average Bonchev–Trinajstić information content (AvgIpc) is 3.37. The molecular weight excluding hydrogens is 448 g/mol. The Bertz CT molecular complexity index is 1480. The normalized spacial score (nSPS) is 11.8. The van der Waals surface area contributed by atoms with Crippen molar-refractivity contribution in [2.75, 3.05) is 7.11 Å². The zero-order valence-electron chi connectivity index (χ0n) is 20.4. The van der Waals surface area contributed by atoms with E-state index in [2.05, 4.69) is 17.4 Å². The number of para-hydroxylation sites is 1. The molecule has 1 atom stereocenters. The minimum Gasteiger partial charge on any atom is -0.496 e. The van der Waals surface area contributed by atoms with Crippen LogP contribution >= 0.6 is 0 Å². The van der Waals surface area contributed by atoms with Crippen molar-refractivity contribution in [3.05, 3.63) is 108 Å². The molecule has 0 radical (unpaired) electrons. The maximum Gasteiger partial charge on any atom is 0.270 e. The summed E-state index contributed by atoms with van der Waals surface area (Å²) in [6.45, 7) is 2.03. The zero-order valence-corrected chi connectivity index (χ0v) is 20.4. The molecule has 1 unspecified atom stereocenters. The topological polar surface area (TPSA) is 68.5 Å². The Morgan fingerprint density at radius 1 is 0.917 bits per heavy atom. The van der Waals surface area contributed by atoms with Crippen molar-refractivity contribution < 1.29 is 9.53 Å². The minimum absolute atomic E-state index is 0.0141. The molecule has 2 heterocycles. The van der Waals surface area contributed by atoms with Crippen LogP contribution in [0.15, 0.2) is 97.1 Å². The molecule has 5 rings (SSSR count). The van der Waals surface area contributed by atoms with Crippen LogP contribution in [0.25, 0.3) is 28.2 Å². The molecular formula is C30H28N4O2. The summed E-state index contributed by atoms with van der Waals surface area (Å²) in [4.78, 5) is 18.4. The summed E-state index contributed by atoms with van der Waals surface area (Å²) >= 11 is 0. The molecule has 0 bridgehead atoms. The second kappa shape index (κ2) is 10.4. The van der Waals surface area contributed by atoms with E-state index in [1.54, 1.807) is 17.7 Å². The highest BCUT2D eigenvalue weighted by molar-refractivity contribution is 5.94. The Labute approximate surface area is 210 Å². The van der Waals surface area contributed by atoms with Crippen molar-refractivity contribution in [3.63, 3.8) is 0 Å². The summed E-state index contributed by atoms with van der Waals surface area (Å²) in [7, 11) is 1.63. The van der Waals surface area contributed by atoms with E-state index in [-0.39, 0.29) is 11.9 Å². The fraction of sp³-hybridized carbons (Fsp3) is 0.167. The maximum atomic E-state index is 13.5. The SMILES string of the molecule is COc1ccccc1-c1cc(C(=O)NC(C)CCc2ccccc2)n2nc(-c3ccccc3)cc2n1. The molecule has 0 aliphatic heterocycles. The van der Waals surface area contributed by atoms with Crippen molar-refractivity contribution in [3.8, 4) is 28.3 Å². The minimum atomic E-state index is -0.193. The molecule has 1 amide bonds. The summed E-state index contributed by atoms with van der Waals surface area (Å²) in [5.41, 5.74) is 5.46. The number of fused-ring (bicyclic) bond motifs is 1. The Kier molecular flexibility index (Phi) is 6.76.